The number of ether oxygens (including phenoxy) is 2. The molecule has 220 valence electrons. The number of benzene rings is 1. The van der Waals surface area contributed by atoms with Crippen LogP contribution in [-0.2, 0) is 16.0 Å². The van der Waals surface area contributed by atoms with Gasteiger partial charge < -0.3 is 30.7 Å². The lowest BCUT2D eigenvalue weighted by Gasteiger charge is -2.28. The van der Waals surface area contributed by atoms with Gasteiger partial charge in [-0.1, -0.05) is 13.0 Å². The van der Waals surface area contributed by atoms with E-state index >= 15 is 0 Å². The number of rotatable bonds is 13. The van der Waals surface area contributed by atoms with Gasteiger partial charge in [-0.25, -0.2) is 14.8 Å². The molecule has 12 nitrogen and oxygen atoms in total. The Hall–Kier alpha value is -4.09. The Balaban J connectivity index is 1.96. The van der Waals surface area contributed by atoms with E-state index in [9.17, 15) is 14.4 Å². The molecule has 40 heavy (non-hydrogen) atoms. The fraction of sp³-hybridized carbons (Fsp3) is 0.536. The van der Waals surface area contributed by atoms with Crippen molar-refractivity contribution in [3.63, 3.8) is 0 Å². The molecule has 1 aromatic heterocycles. The standard InChI is InChI=1S/C28H43N7O5/c1-9-21-25(34(7)10-2)33-24(22(32-21)23(29)36)31-19-13-11-14-20(17-19)39-16-12-15-30-26(37)18(3)35(8)27(38)40-28(4,5)6/h11,13-14,17-18H,9-10,12,15-16H2,1-8H3,(H2,29,36)(H,30,37)(H,31,33)/t18-/m0/s1. The first-order chi connectivity index (χ1) is 18.8. The van der Waals surface area contributed by atoms with Crippen molar-refractivity contribution in [3.05, 3.63) is 35.7 Å². The zero-order chi connectivity index (χ0) is 30.0. The number of likely N-dealkylation sites (N-methyl/N-ethyl adjacent to an activating group) is 1. The molecule has 0 aliphatic heterocycles. The van der Waals surface area contributed by atoms with Gasteiger partial charge in [-0.3, -0.25) is 14.5 Å². The molecule has 0 saturated heterocycles. The molecule has 1 aromatic carbocycles. The molecule has 0 bridgehead atoms. The van der Waals surface area contributed by atoms with E-state index in [0.29, 0.717) is 48.9 Å². The number of aryl methyl sites for hydroxylation is 1. The van der Waals surface area contributed by atoms with Crippen LogP contribution in [0.1, 0.15) is 64.1 Å². The van der Waals surface area contributed by atoms with Crippen molar-refractivity contribution in [2.24, 2.45) is 5.73 Å². The second kappa shape index (κ2) is 14.3. The maximum atomic E-state index is 12.5. The van der Waals surface area contributed by atoms with E-state index in [2.05, 4.69) is 20.6 Å². The minimum Gasteiger partial charge on any atom is -0.493 e. The van der Waals surface area contributed by atoms with E-state index in [1.165, 1.54) is 11.9 Å². The monoisotopic (exact) mass is 557 g/mol. The summed E-state index contributed by atoms with van der Waals surface area (Å²) >= 11 is 0. The van der Waals surface area contributed by atoms with Crippen LogP contribution in [0.3, 0.4) is 0 Å². The molecule has 0 unspecified atom stereocenters. The van der Waals surface area contributed by atoms with E-state index in [4.69, 9.17) is 15.2 Å². The van der Waals surface area contributed by atoms with E-state index < -0.39 is 23.6 Å². The number of aromatic nitrogens is 2. The predicted molar refractivity (Wildman–Crippen MR) is 155 cm³/mol. The molecule has 1 atom stereocenters. The molecule has 0 aliphatic carbocycles. The highest BCUT2D eigenvalue weighted by Gasteiger charge is 2.26. The van der Waals surface area contributed by atoms with Gasteiger partial charge in [-0.2, -0.15) is 0 Å². The number of anilines is 3. The van der Waals surface area contributed by atoms with Crippen molar-refractivity contribution in [3.8, 4) is 5.75 Å². The van der Waals surface area contributed by atoms with Crippen molar-refractivity contribution in [1.82, 2.24) is 20.2 Å². The molecule has 3 amide bonds. The van der Waals surface area contributed by atoms with Gasteiger partial charge in [0.05, 0.1) is 12.3 Å². The number of nitrogens with zero attached hydrogens (tertiary/aromatic N) is 4. The lowest BCUT2D eigenvalue weighted by Crippen LogP contribution is -2.47. The summed E-state index contributed by atoms with van der Waals surface area (Å²) < 4.78 is 11.2. The minimum atomic E-state index is -0.684. The third-order valence-electron chi connectivity index (χ3n) is 5.98. The topological polar surface area (TPSA) is 152 Å². The van der Waals surface area contributed by atoms with Gasteiger partial charge in [0.1, 0.15) is 17.4 Å². The van der Waals surface area contributed by atoms with Gasteiger partial charge in [0, 0.05) is 38.9 Å². The molecule has 2 aromatic rings. The summed E-state index contributed by atoms with van der Waals surface area (Å²) in [5.41, 5.74) is 6.36. The summed E-state index contributed by atoms with van der Waals surface area (Å²) in [5, 5.41) is 5.96. The highest BCUT2D eigenvalue weighted by Crippen LogP contribution is 2.26. The van der Waals surface area contributed by atoms with Gasteiger partial charge in [-0.05, 0) is 59.6 Å². The van der Waals surface area contributed by atoms with E-state index in [-0.39, 0.29) is 17.4 Å². The molecular formula is C28H43N7O5. The van der Waals surface area contributed by atoms with E-state index in [1.807, 2.05) is 37.9 Å². The average molecular weight is 558 g/mol. The molecule has 0 saturated carbocycles. The summed E-state index contributed by atoms with van der Waals surface area (Å²) in [6.07, 6.45) is 0.598. The van der Waals surface area contributed by atoms with Crippen LogP contribution < -0.4 is 26.0 Å². The van der Waals surface area contributed by atoms with Crippen LogP contribution in [-0.4, -0.2) is 78.2 Å². The second-order valence-electron chi connectivity index (χ2n) is 10.3. The Morgan fingerprint density at radius 1 is 1.12 bits per heavy atom. The van der Waals surface area contributed by atoms with Crippen LogP contribution in [0.5, 0.6) is 5.75 Å². The van der Waals surface area contributed by atoms with Gasteiger partial charge in [0.25, 0.3) is 5.91 Å². The number of nitrogens with one attached hydrogen (secondary N) is 2. The van der Waals surface area contributed by atoms with Gasteiger partial charge in [0.2, 0.25) is 5.91 Å². The lowest BCUT2D eigenvalue weighted by atomic mass is 10.2. The van der Waals surface area contributed by atoms with E-state index in [1.54, 1.807) is 39.8 Å². The quantitative estimate of drug-likeness (QED) is 0.314. The molecule has 1 heterocycles. The summed E-state index contributed by atoms with van der Waals surface area (Å²) in [7, 11) is 3.44. The van der Waals surface area contributed by atoms with Crippen molar-refractivity contribution < 1.29 is 23.9 Å². The van der Waals surface area contributed by atoms with Gasteiger partial charge in [0.15, 0.2) is 17.3 Å². The average Bonchev–Trinajstić information content (AvgIpc) is 2.90. The van der Waals surface area contributed by atoms with Crippen molar-refractivity contribution in [1.29, 1.82) is 0 Å². The summed E-state index contributed by atoms with van der Waals surface area (Å²) in [6.45, 7) is 12.4. The Bertz CT molecular complexity index is 1180. The van der Waals surface area contributed by atoms with Crippen molar-refractivity contribution in [2.75, 3.05) is 44.0 Å². The van der Waals surface area contributed by atoms with Crippen LogP contribution >= 0.6 is 0 Å². The number of primary amides is 1. The lowest BCUT2D eigenvalue weighted by molar-refractivity contribution is -0.125. The first-order valence-corrected chi connectivity index (χ1v) is 13.4. The summed E-state index contributed by atoms with van der Waals surface area (Å²) in [5.74, 6) is 0.590. The number of nitrogens with two attached hydrogens (primary N) is 1. The van der Waals surface area contributed by atoms with E-state index in [0.717, 1.165) is 6.54 Å². The molecule has 12 heteroatoms. The second-order valence-corrected chi connectivity index (χ2v) is 10.3. The third-order valence-corrected chi connectivity index (χ3v) is 5.98. The van der Waals surface area contributed by atoms with Gasteiger partial charge >= 0.3 is 6.09 Å². The SMILES string of the molecule is CCc1nc(C(N)=O)c(Nc2cccc(OCCCNC(=O)[C@H](C)N(C)C(=O)OC(C)(C)C)c2)nc1N(C)CC. The maximum absolute atomic E-state index is 12.5. The highest BCUT2D eigenvalue weighted by atomic mass is 16.6. The zero-order valence-electron chi connectivity index (χ0n) is 24.8. The van der Waals surface area contributed by atoms with Crippen LogP contribution in [0.15, 0.2) is 24.3 Å². The zero-order valence-corrected chi connectivity index (χ0v) is 24.8. The Labute approximate surface area is 236 Å². The normalized spacial score (nSPS) is 11.8. The fourth-order valence-electron chi connectivity index (χ4n) is 3.50. The molecular weight excluding hydrogens is 514 g/mol. The molecule has 2 rings (SSSR count). The van der Waals surface area contributed by atoms with Crippen LogP contribution in [0.25, 0.3) is 0 Å². The fourth-order valence-corrected chi connectivity index (χ4v) is 3.50. The first kappa shape index (κ1) is 32.1. The third kappa shape index (κ3) is 9.28. The Kier molecular flexibility index (Phi) is 11.5. The molecule has 0 fully saturated rings. The van der Waals surface area contributed by atoms with Crippen LogP contribution in [0, 0.1) is 0 Å². The number of carbonyl (C=O) groups is 3. The van der Waals surface area contributed by atoms with Crippen molar-refractivity contribution >= 4 is 35.2 Å². The first-order valence-electron chi connectivity index (χ1n) is 13.4. The number of amides is 3. The summed E-state index contributed by atoms with van der Waals surface area (Å²) in [6, 6.07) is 6.53. The number of hydrogen-bond acceptors (Lipinski definition) is 9. The predicted octanol–water partition coefficient (Wildman–Crippen LogP) is 3.48. The van der Waals surface area contributed by atoms with Crippen LogP contribution in [0.2, 0.25) is 0 Å². The van der Waals surface area contributed by atoms with Crippen molar-refractivity contribution in [2.45, 2.75) is 66.0 Å². The molecule has 0 aliphatic rings. The molecule has 4 N–H and O–H groups in total. The number of carbonyl (C=O) groups excluding carboxylic acids is 3. The highest BCUT2D eigenvalue weighted by molar-refractivity contribution is 5.96. The molecule has 0 spiro atoms. The minimum absolute atomic E-state index is 0.0682. The summed E-state index contributed by atoms with van der Waals surface area (Å²) in [4.78, 5) is 49.1. The van der Waals surface area contributed by atoms with Crippen LogP contribution in [0.4, 0.5) is 22.1 Å². The Morgan fingerprint density at radius 3 is 2.42 bits per heavy atom. The smallest absolute Gasteiger partial charge is 0.410 e. The Morgan fingerprint density at radius 2 is 1.82 bits per heavy atom. The maximum Gasteiger partial charge on any atom is 0.410 e. The largest absolute Gasteiger partial charge is 0.493 e. The van der Waals surface area contributed by atoms with Gasteiger partial charge in [-0.15, -0.1) is 0 Å². The molecule has 0 radical (unpaired) electrons. The number of hydrogen-bond donors (Lipinski definition) is 3.